The van der Waals surface area contributed by atoms with Crippen molar-refractivity contribution in [2.45, 2.75) is 30.8 Å². The Kier molecular flexibility index (Phi) is 1.48. The molecule has 1 aliphatic carbocycles. The fourth-order valence-electron chi connectivity index (χ4n) is 2.45. The van der Waals surface area contributed by atoms with Crippen molar-refractivity contribution in [2.75, 3.05) is 0 Å². The van der Waals surface area contributed by atoms with E-state index in [9.17, 15) is 0 Å². The Labute approximate surface area is 77.7 Å². The van der Waals surface area contributed by atoms with E-state index in [1.54, 1.807) is 0 Å². The maximum absolute atomic E-state index is 4.29. The Bertz CT molecular complexity index is 331. The van der Waals surface area contributed by atoms with E-state index < -0.39 is 0 Å². The predicted octanol–water partition coefficient (Wildman–Crippen LogP) is 2.77. The average Bonchev–Trinajstić information content (AvgIpc) is 2.80. The Morgan fingerprint density at radius 1 is 1.00 bits per heavy atom. The number of azo groups is 1. The zero-order chi connectivity index (χ0) is 8.67. The van der Waals surface area contributed by atoms with Crippen molar-refractivity contribution in [1.82, 2.24) is 0 Å². The summed E-state index contributed by atoms with van der Waals surface area (Å²) in [4.78, 5) is 0. The first-order chi connectivity index (χ1) is 6.43. The van der Waals surface area contributed by atoms with Crippen LogP contribution in [0.4, 0.5) is 0 Å². The van der Waals surface area contributed by atoms with Crippen molar-refractivity contribution in [2.24, 2.45) is 10.2 Å². The summed E-state index contributed by atoms with van der Waals surface area (Å²) in [6.07, 6.45) is 2.39. The van der Waals surface area contributed by atoms with Crippen LogP contribution in [0.5, 0.6) is 0 Å². The third-order valence-electron chi connectivity index (χ3n) is 3.11. The van der Waals surface area contributed by atoms with E-state index in [0.29, 0.717) is 18.0 Å². The first kappa shape index (κ1) is 7.25. The van der Waals surface area contributed by atoms with Crippen molar-refractivity contribution >= 4 is 0 Å². The third kappa shape index (κ3) is 1.09. The molecular weight excluding hydrogens is 160 g/mol. The maximum Gasteiger partial charge on any atom is 0.0798 e. The van der Waals surface area contributed by atoms with Crippen molar-refractivity contribution in [3.63, 3.8) is 0 Å². The molecule has 0 aromatic heterocycles. The van der Waals surface area contributed by atoms with E-state index in [2.05, 4.69) is 40.6 Å². The number of hydrogen-bond donors (Lipinski definition) is 0. The third-order valence-corrected chi connectivity index (χ3v) is 3.11. The molecule has 1 aromatic carbocycles. The molecule has 1 fully saturated rings. The summed E-state index contributed by atoms with van der Waals surface area (Å²) in [5, 5.41) is 8.49. The molecule has 1 aliphatic heterocycles. The average molecular weight is 172 g/mol. The highest BCUT2D eigenvalue weighted by atomic mass is 15.2. The van der Waals surface area contributed by atoms with Crippen LogP contribution in [0.3, 0.4) is 0 Å². The molecule has 0 amide bonds. The van der Waals surface area contributed by atoms with Crippen molar-refractivity contribution in [3.05, 3.63) is 35.9 Å². The summed E-state index contributed by atoms with van der Waals surface area (Å²) in [6, 6.07) is 11.7. The first-order valence-electron chi connectivity index (χ1n) is 4.88. The van der Waals surface area contributed by atoms with Gasteiger partial charge in [-0.1, -0.05) is 30.3 Å². The maximum atomic E-state index is 4.29. The van der Waals surface area contributed by atoms with E-state index in [4.69, 9.17) is 0 Å². The van der Waals surface area contributed by atoms with Crippen LogP contribution < -0.4 is 0 Å². The second-order valence-corrected chi connectivity index (χ2v) is 3.94. The van der Waals surface area contributed by atoms with Gasteiger partial charge in [0.1, 0.15) is 0 Å². The van der Waals surface area contributed by atoms with Crippen LogP contribution in [-0.4, -0.2) is 12.1 Å². The monoisotopic (exact) mass is 172 g/mol. The van der Waals surface area contributed by atoms with E-state index >= 15 is 0 Å². The second kappa shape index (κ2) is 2.66. The molecule has 1 aromatic rings. The van der Waals surface area contributed by atoms with Gasteiger partial charge in [-0.05, 0) is 18.4 Å². The minimum Gasteiger partial charge on any atom is -0.190 e. The van der Waals surface area contributed by atoms with Gasteiger partial charge < -0.3 is 0 Å². The molecule has 2 aliphatic rings. The van der Waals surface area contributed by atoms with Crippen molar-refractivity contribution < 1.29 is 0 Å². The summed E-state index contributed by atoms with van der Waals surface area (Å²) in [5.74, 6) is 0.642. The van der Waals surface area contributed by atoms with Crippen LogP contribution in [0, 0.1) is 0 Å². The Hall–Kier alpha value is -1.18. The van der Waals surface area contributed by atoms with Gasteiger partial charge in [0.05, 0.1) is 12.1 Å². The predicted molar refractivity (Wildman–Crippen MR) is 50.8 cm³/mol. The molecule has 2 heteroatoms. The summed E-state index contributed by atoms with van der Waals surface area (Å²) in [7, 11) is 0. The molecule has 13 heavy (non-hydrogen) atoms. The number of rotatable bonds is 1. The summed E-state index contributed by atoms with van der Waals surface area (Å²) < 4.78 is 0. The Morgan fingerprint density at radius 2 is 1.85 bits per heavy atom. The van der Waals surface area contributed by atoms with Crippen LogP contribution in [0.25, 0.3) is 0 Å². The highest BCUT2D eigenvalue weighted by molar-refractivity contribution is 5.24. The number of fused-ring (bicyclic) bond motifs is 2. The molecule has 0 radical (unpaired) electrons. The number of nitrogens with zero attached hydrogens (tertiary/aromatic N) is 2. The van der Waals surface area contributed by atoms with Crippen LogP contribution in [0.2, 0.25) is 0 Å². The first-order valence-corrected chi connectivity index (χ1v) is 4.88. The molecule has 3 atom stereocenters. The van der Waals surface area contributed by atoms with Crippen LogP contribution in [-0.2, 0) is 0 Å². The zero-order valence-corrected chi connectivity index (χ0v) is 7.43. The quantitative estimate of drug-likeness (QED) is 0.622. The van der Waals surface area contributed by atoms with Gasteiger partial charge in [-0.3, -0.25) is 0 Å². The van der Waals surface area contributed by atoms with Gasteiger partial charge in [0.2, 0.25) is 0 Å². The number of benzene rings is 1. The Morgan fingerprint density at radius 3 is 2.46 bits per heavy atom. The fraction of sp³-hybridized carbons (Fsp3) is 0.455. The lowest BCUT2D eigenvalue weighted by Gasteiger charge is -2.16. The zero-order valence-electron chi connectivity index (χ0n) is 7.43. The highest BCUT2D eigenvalue weighted by Gasteiger charge is 2.39. The Balaban J connectivity index is 1.92. The lowest BCUT2D eigenvalue weighted by Crippen LogP contribution is -2.09. The fourth-order valence-corrected chi connectivity index (χ4v) is 2.45. The van der Waals surface area contributed by atoms with Gasteiger partial charge in [0, 0.05) is 5.92 Å². The summed E-state index contributed by atoms with van der Waals surface area (Å²) in [6.45, 7) is 0. The molecule has 0 spiro atoms. The molecular formula is C11H12N2. The summed E-state index contributed by atoms with van der Waals surface area (Å²) in [5.41, 5.74) is 1.44. The van der Waals surface area contributed by atoms with Gasteiger partial charge in [0.15, 0.2) is 0 Å². The molecule has 2 nitrogen and oxygen atoms in total. The molecule has 66 valence electrons. The van der Waals surface area contributed by atoms with E-state index in [0.717, 1.165) is 0 Å². The van der Waals surface area contributed by atoms with Gasteiger partial charge in [-0.25, -0.2) is 0 Å². The van der Waals surface area contributed by atoms with E-state index in [1.807, 2.05) is 0 Å². The van der Waals surface area contributed by atoms with E-state index in [-0.39, 0.29) is 0 Å². The van der Waals surface area contributed by atoms with Gasteiger partial charge >= 0.3 is 0 Å². The summed E-state index contributed by atoms with van der Waals surface area (Å²) >= 11 is 0. The topological polar surface area (TPSA) is 24.7 Å². The molecule has 3 rings (SSSR count). The molecule has 1 heterocycles. The highest BCUT2D eigenvalue weighted by Crippen LogP contribution is 2.42. The smallest absolute Gasteiger partial charge is 0.0798 e. The standard InChI is InChI=1S/C11H12N2/c1-2-4-8(5-3-1)10-6-9-7-11(10)13-12-9/h1-5,9-11H,6-7H2. The van der Waals surface area contributed by atoms with Gasteiger partial charge in [-0.2, -0.15) is 10.2 Å². The van der Waals surface area contributed by atoms with Crippen molar-refractivity contribution in [3.8, 4) is 0 Å². The molecule has 1 saturated carbocycles. The van der Waals surface area contributed by atoms with Gasteiger partial charge in [0.25, 0.3) is 0 Å². The second-order valence-electron chi connectivity index (χ2n) is 3.94. The van der Waals surface area contributed by atoms with Crippen molar-refractivity contribution in [1.29, 1.82) is 0 Å². The minimum absolute atomic E-state index is 0.479. The minimum atomic E-state index is 0.479. The number of hydrogen-bond acceptors (Lipinski definition) is 2. The van der Waals surface area contributed by atoms with E-state index in [1.165, 1.54) is 18.4 Å². The lowest BCUT2D eigenvalue weighted by atomic mass is 9.94. The molecule has 0 saturated heterocycles. The van der Waals surface area contributed by atoms with Crippen LogP contribution in [0.15, 0.2) is 40.6 Å². The largest absolute Gasteiger partial charge is 0.190 e. The van der Waals surface area contributed by atoms with Gasteiger partial charge in [-0.15, -0.1) is 0 Å². The molecule has 0 N–H and O–H groups in total. The molecule has 2 bridgehead atoms. The lowest BCUT2D eigenvalue weighted by molar-refractivity contribution is 0.558. The molecule has 3 unspecified atom stereocenters. The van der Waals surface area contributed by atoms with Crippen LogP contribution in [0.1, 0.15) is 24.3 Å². The normalized spacial score (nSPS) is 35.5. The SMILES string of the molecule is c1ccc(C2CC3CC2N=N3)cc1. The van der Waals surface area contributed by atoms with Crippen LogP contribution >= 0.6 is 0 Å².